The number of nitrogens with zero attached hydrogens (tertiary/aromatic N) is 1. The number of ether oxygens (including phenoxy) is 2. The molecular weight excluding hydrogens is 330 g/mol. The van der Waals surface area contributed by atoms with E-state index in [1.807, 2.05) is 12.1 Å². The van der Waals surface area contributed by atoms with Crippen LogP contribution in [0.4, 0.5) is 5.69 Å². The first-order valence-corrected chi connectivity index (χ1v) is 9.07. The summed E-state index contributed by atoms with van der Waals surface area (Å²) >= 11 is 0. The molecule has 0 atom stereocenters. The number of fused-ring (bicyclic) bond motifs is 1. The van der Waals surface area contributed by atoms with Crippen molar-refractivity contribution in [3.8, 4) is 5.75 Å². The van der Waals surface area contributed by atoms with Gasteiger partial charge in [0.15, 0.2) is 0 Å². The van der Waals surface area contributed by atoms with Gasteiger partial charge in [0, 0.05) is 26.3 Å². The number of carbonyl (C=O) groups excluding carboxylic acids is 1. The summed E-state index contributed by atoms with van der Waals surface area (Å²) in [6.07, 6.45) is 5.53. The minimum atomic E-state index is 0.00803. The molecule has 0 aromatic heterocycles. The average molecular weight is 353 g/mol. The van der Waals surface area contributed by atoms with Crippen molar-refractivity contribution in [3.63, 3.8) is 0 Å². The fourth-order valence-corrected chi connectivity index (χ4v) is 3.50. The van der Waals surface area contributed by atoms with Crippen LogP contribution in [0, 0.1) is 5.92 Å². The highest BCUT2D eigenvalue weighted by Crippen LogP contribution is 2.41. The Kier molecular flexibility index (Phi) is 4.89. The van der Waals surface area contributed by atoms with Gasteiger partial charge in [-0.25, -0.2) is 0 Å². The lowest BCUT2D eigenvalue weighted by Gasteiger charge is -2.25. The molecule has 26 heavy (non-hydrogen) atoms. The number of rotatable bonds is 4. The second-order valence-electron chi connectivity index (χ2n) is 6.81. The van der Waals surface area contributed by atoms with Gasteiger partial charge in [-0.3, -0.25) is 9.79 Å². The van der Waals surface area contributed by atoms with E-state index in [1.165, 1.54) is 5.56 Å². The van der Waals surface area contributed by atoms with E-state index in [4.69, 9.17) is 14.5 Å². The molecule has 1 amide bonds. The Morgan fingerprint density at radius 2 is 2.15 bits per heavy atom. The van der Waals surface area contributed by atoms with Crippen LogP contribution in [0.5, 0.6) is 5.75 Å². The molecule has 0 aliphatic carbocycles. The number of aliphatic imine (C=N–C) groups is 1. The van der Waals surface area contributed by atoms with E-state index < -0.39 is 0 Å². The van der Waals surface area contributed by atoms with E-state index in [1.54, 1.807) is 13.3 Å². The van der Waals surface area contributed by atoms with Gasteiger partial charge in [-0.2, -0.15) is 0 Å². The summed E-state index contributed by atoms with van der Waals surface area (Å²) in [6, 6.07) is 4.09. The minimum Gasteiger partial charge on any atom is -0.496 e. The van der Waals surface area contributed by atoms with Gasteiger partial charge in [0.25, 0.3) is 0 Å². The van der Waals surface area contributed by atoms with Crippen LogP contribution in [0.2, 0.25) is 0 Å². The molecule has 1 aromatic carbocycles. The van der Waals surface area contributed by atoms with Gasteiger partial charge in [0.05, 0.1) is 30.5 Å². The maximum Gasteiger partial charge on any atom is 0.230 e. The molecule has 2 N–H and O–H groups in total. The van der Waals surface area contributed by atoms with Crippen LogP contribution in [0.3, 0.4) is 0 Å². The van der Waals surface area contributed by atoms with E-state index in [0.717, 1.165) is 56.1 Å². The zero-order chi connectivity index (χ0) is 17.9. The van der Waals surface area contributed by atoms with Crippen molar-refractivity contribution in [3.05, 3.63) is 34.7 Å². The monoisotopic (exact) mass is 353 g/mol. The van der Waals surface area contributed by atoms with E-state index in [-0.39, 0.29) is 11.8 Å². The Morgan fingerprint density at radius 1 is 1.35 bits per heavy atom. The first-order valence-electron chi connectivity index (χ1n) is 9.07. The predicted octanol–water partition coefficient (Wildman–Crippen LogP) is 2.14. The molecule has 3 aliphatic rings. The number of carbonyl (C=O) groups is 1. The molecular formula is C20H23N3O3. The Balaban J connectivity index is 1.65. The Hall–Kier alpha value is -2.40. The fraction of sp³-hybridized carbons (Fsp3) is 0.450. The molecule has 0 unspecified atom stereocenters. The maximum absolute atomic E-state index is 12.2. The van der Waals surface area contributed by atoms with E-state index >= 15 is 0 Å². The third kappa shape index (κ3) is 3.31. The van der Waals surface area contributed by atoms with Crippen molar-refractivity contribution in [1.82, 2.24) is 10.6 Å². The second kappa shape index (κ2) is 7.46. The largest absolute Gasteiger partial charge is 0.496 e. The van der Waals surface area contributed by atoms with Crippen molar-refractivity contribution in [2.24, 2.45) is 10.9 Å². The molecule has 1 aromatic rings. The van der Waals surface area contributed by atoms with Crippen molar-refractivity contribution in [1.29, 1.82) is 0 Å². The lowest BCUT2D eigenvalue weighted by molar-refractivity contribution is -0.125. The van der Waals surface area contributed by atoms with Crippen molar-refractivity contribution in [2.75, 3.05) is 33.4 Å². The number of amides is 1. The van der Waals surface area contributed by atoms with Crippen LogP contribution < -0.4 is 15.4 Å². The van der Waals surface area contributed by atoms with Crippen LogP contribution in [-0.2, 0) is 9.53 Å². The summed E-state index contributed by atoms with van der Waals surface area (Å²) < 4.78 is 11.0. The Morgan fingerprint density at radius 3 is 2.85 bits per heavy atom. The number of methoxy groups -OCH3 is 1. The molecule has 0 bridgehead atoms. The lowest BCUT2D eigenvalue weighted by atomic mass is 9.88. The number of benzene rings is 1. The zero-order valence-corrected chi connectivity index (χ0v) is 14.9. The summed E-state index contributed by atoms with van der Waals surface area (Å²) in [4.78, 5) is 16.9. The molecule has 0 saturated carbocycles. The molecule has 6 nitrogen and oxygen atoms in total. The van der Waals surface area contributed by atoms with Crippen molar-refractivity contribution < 1.29 is 14.3 Å². The molecule has 3 aliphatic heterocycles. The fourth-order valence-electron chi connectivity index (χ4n) is 3.50. The Bertz CT molecular complexity index is 799. The van der Waals surface area contributed by atoms with Crippen LogP contribution >= 0.6 is 0 Å². The summed E-state index contributed by atoms with van der Waals surface area (Å²) in [5, 5.41) is 6.02. The van der Waals surface area contributed by atoms with Gasteiger partial charge in [0.2, 0.25) is 5.91 Å². The van der Waals surface area contributed by atoms with Gasteiger partial charge < -0.3 is 20.1 Å². The molecule has 4 rings (SSSR count). The van der Waals surface area contributed by atoms with Crippen LogP contribution in [0.1, 0.15) is 29.9 Å². The van der Waals surface area contributed by atoms with E-state index in [9.17, 15) is 4.79 Å². The molecule has 136 valence electrons. The van der Waals surface area contributed by atoms with Crippen LogP contribution in [-0.4, -0.2) is 45.5 Å². The molecule has 2 fully saturated rings. The standard InChI is InChI=1S/C20H23N3O3/c1-25-18-5-4-16(13-6-8-26-9-7-13)19-17(18)3-2-15(12-22-19)23-20(24)14-10-21-11-14/h3-5,12-14,21H,6-11H2,1H3,(H,23,24). The first kappa shape index (κ1) is 17.0. The summed E-state index contributed by atoms with van der Waals surface area (Å²) in [6.45, 7) is 3.00. The van der Waals surface area contributed by atoms with Gasteiger partial charge in [-0.15, -0.1) is 0 Å². The topological polar surface area (TPSA) is 72.0 Å². The van der Waals surface area contributed by atoms with Gasteiger partial charge in [-0.05, 0) is 36.5 Å². The maximum atomic E-state index is 12.2. The summed E-state index contributed by atoms with van der Waals surface area (Å²) in [7, 11) is 1.65. The molecule has 6 heteroatoms. The molecule has 2 saturated heterocycles. The average Bonchev–Trinajstić information content (AvgIpc) is 2.83. The van der Waals surface area contributed by atoms with E-state index in [2.05, 4.69) is 22.4 Å². The first-order chi connectivity index (χ1) is 12.8. The third-order valence-corrected chi connectivity index (χ3v) is 5.19. The predicted molar refractivity (Wildman–Crippen MR) is 99.9 cm³/mol. The number of hydrogen-bond acceptors (Lipinski definition) is 5. The van der Waals surface area contributed by atoms with Crippen molar-refractivity contribution in [2.45, 2.75) is 18.8 Å². The molecule has 3 heterocycles. The second-order valence-corrected chi connectivity index (χ2v) is 6.81. The highest BCUT2D eigenvalue weighted by atomic mass is 16.5. The van der Waals surface area contributed by atoms with Gasteiger partial charge in [0.1, 0.15) is 11.4 Å². The number of hydrogen-bond donors (Lipinski definition) is 2. The smallest absolute Gasteiger partial charge is 0.230 e. The minimum absolute atomic E-state index is 0.00803. The quantitative estimate of drug-likeness (QED) is 0.814. The van der Waals surface area contributed by atoms with E-state index in [0.29, 0.717) is 11.6 Å². The summed E-state index contributed by atoms with van der Waals surface area (Å²) in [5.41, 5.74) is 6.75. The highest BCUT2D eigenvalue weighted by molar-refractivity contribution is 5.93. The van der Waals surface area contributed by atoms with Gasteiger partial charge in [-0.1, -0.05) is 11.8 Å². The van der Waals surface area contributed by atoms with Crippen molar-refractivity contribution >= 4 is 23.9 Å². The normalized spacial score (nSPS) is 20.0. The number of nitrogens with one attached hydrogen (secondary N) is 2. The van der Waals surface area contributed by atoms with Crippen LogP contribution in [0.25, 0.3) is 6.08 Å². The van der Waals surface area contributed by atoms with Crippen LogP contribution in [0.15, 0.2) is 28.6 Å². The Labute approximate surface area is 153 Å². The molecule has 0 spiro atoms. The summed E-state index contributed by atoms with van der Waals surface area (Å²) in [5.74, 6) is 1.21. The molecule has 0 radical (unpaired) electrons. The lowest BCUT2D eigenvalue weighted by Crippen LogP contribution is -2.50. The SMILES string of the molecule is COc1ccc(C2CCOCC2)c2c1C=C=C(NC(=O)C1CNC1)C=N2. The third-order valence-electron chi connectivity index (χ3n) is 5.19. The zero-order valence-electron chi connectivity index (χ0n) is 14.9. The van der Waals surface area contributed by atoms with Gasteiger partial charge >= 0.3 is 0 Å². The highest BCUT2D eigenvalue weighted by Gasteiger charge is 2.26. The number of allylic oxidation sites excluding steroid dienone is 1.